The molecule has 0 aliphatic carbocycles. The van der Waals surface area contributed by atoms with Crippen LogP contribution in [0.15, 0.2) is 0 Å². The van der Waals surface area contributed by atoms with Crippen LogP contribution in [0.2, 0.25) is 0 Å². The van der Waals surface area contributed by atoms with Crippen molar-refractivity contribution in [1.82, 2.24) is 10.2 Å². The normalized spacial score (nSPS) is 22.9. The lowest BCUT2D eigenvalue weighted by molar-refractivity contribution is 0.221. The van der Waals surface area contributed by atoms with Gasteiger partial charge < -0.3 is 5.32 Å². The van der Waals surface area contributed by atoms with Crippen LogP contribution in [0.3, 0.4) is 0 Å². The minimum atomic E-state index is 0.0546. The number of hydrogen-bond acceptors (Lipinski definition) is 3. The van der Waals surface area contributed by atoms with Gasteiger partial charge in [0.2, 0.25) is 0 Å². The summed E-state index contributed by atoms with van der Waals surface area (Å²) in [5.41, 5.74) is 0. The van der Waals surface area contributed by atoms with E-state index in [2.05, 4.69) is 23.2 Å². The maximum Gasteiger partial charge on any atom is 0.0949 e. The lowest BCUT2D eigenvalue weighted by Crippen LogP contribution is -2.42. The first kappa shape index (κ1) is 12.5. The predicted octanol–water partition coefficient (Wildman–Crippen LogP) is 1.75. The van der Waals surface area contributed by atoms with Crippen molar-refractivity contribution in [3.8, 4) is 6.07 Å². The zero-order valence-corrected chi connectivity index (χ0v) is 10.00. The van der Waals surface area contributed by atoms with Gasteiger partial charge in [-0.15, -0.1) is 0 Å². The highest BCUT2D eigenvalue weighted by atomic mass is 15.2. The molecule has 2 unspecified atom stereocenters. The van der Waals surface area contributed by atoms with Crippen molar-refractivity contribution in [2.45, 2.75) is 51.6 Å². The molecule has 0 saturated carbocycles. The molecule has 0 amide bonds. The molecular weight excluding hydrogens is 186 g/mol. The topological polar surface area (TPSA) is 39.1 Å². The summed E-state index contributed by atoms with van der Waals surface area (Å²) in [5, 5.41) is 12.5. The predicted molar refractivity (Wildman–Crippen MR) is 62.6 cm³/mol. The minimum Gasteiger partial charge on any atom is -0.313 e. The van der Waals surface area contributed by atoms with Crippen LogP contribution < -0.4 is 5.32 Å². The molecule has 3 heteroatoms. The SMILES string of the molecule is CCCCN(CC1CCCN1)C(C)C#N. The van der Waals surface area contributed by atoms with Crippen LogP contribution in [0.1, 0.15) is 39.5 Å². The van der Waals surface area contributed by atoms with E-state index in [1.807, 2.05) is 6.92 Å². The Morgan fingerprint density at radius 2 is 2.40 bits per heavy atom. The Balaban J connectivity index is 2.37. The van der Waals surface area contributed by atoms with E-state index in [1.54, 1.807) is 0 Å². The maximum absolute atomic E-state index is 8.97. The highest BCUT2D eigenvalue weighted by molar-refractivity contribution is 4.90. The first-order chi connectivity index (χ1) is 7.27. The van der Waals surface area contributed by atoms with Crippen molar-refractivity contribution < 1.29 is 0 Å². The monoisotopic (exact) mass is 209 g/mol. The van der Waals surface area contributed by atoms with Crippen LogP contribution in [0.5, 0.6) is 0 Å². The Bertz CT molecular complexity index is 203. The Morgan fingerprint density at radius 3 is 2.93 bits per heavy atom. The lowest BCUT2D eigenvalue weighted by atomic mass is 10.1. The zero-order chi connectivity index (χ0) is 11.1. The van der Waals surface area contributed by atoms with E-state index < -0.39 is 0 Å². The molecule has 3 nitrogen and oxygen atoms in total. The van der Waals surface area contributed by atoms with Gasteiger partial charge in [0.25, 0.3) is 0 Å². The molecule has 1 rings (SSSR count). The summed E-state index contributed by atoms with van der Waals surface area (Å²) in [5.74, 6) is 0. The van der Waals surface area contributed by atoms with Crippen molar-refractivity contribution in [3.05, 3.63) is 0 Å². The third-order valence-electron chi connectivity index (χ3n) is 3.15. The Kier molecular flexibility index (Phi) is 5.67. The third kappa shape index (κ3) is 4.19. The smallest absolute Gasteiger partial charge is 0.0949 e. The van der Waals surface area contributed by atoms with Crippen molar-refractivity contribution in [1.29, 1.82) is 5.26 Å². The van der Waals surface area contributed by atoms with Crippen molar-refractivity contribution in [2.75, 3.05) is 19.6 Å². The summed E-state index contributed by atoms with van der Waals surface area (Å²) >= 11 is 0. The average Bonchev–Trinajstić information content (AvgIpc) is 2.75. The van der Waals surface area contributed by atoms with Gasteiger partial charge in [-0.2, -0.15) is 5.26 Å². The van der Waals surface area contributed by atoms with E-state index in [1.165, 1.54) is 25.7 Å². The van der Waals surface area contributed by atoms with E-state index in [0.717, 1.165) is 19.6 Å². The van der Waals surface area contributed by atoms with E-state index in [-0.39, 0.29) is 6.04 Å². The largest absolute Gasteiger partial charge is 0.313 e. The van der Waals surface area contributed by atoms with E-state index in [4.69, 9.17) is 5.26 Å². The van der Waals surface area contributed by atoms with Gasteiger partial charge in [0.05, 0.1) is 12.1 Å². The molecule has 0 bridgehead atoms. The first-order valence-corrected chi connectivity index (χ1v) is 6.15. The minimum absolute atomic E-state index is 0.0546. The highest BCUT2D eigenvalue weighted by Crippen LogP contribution is 2.10. The molecular formula is C12H23N3. The number of unbranched alkanes of at least 4 members (excludes halogenated alkanes) is 1. The summed E-state index contributed by atoms with van der Waals surface area (Å²) in [7, 11) is 0. The van der Waals surface area contributed by atoms with Gasteiger partial charge in [0.15, 0.2) is 0 Å². The van der Waals surface area contributed by atoms with E-state index in [0.29, 0.717) is 6.04 Å². The molecule has 0 aromatic carbocycles. The molecule has 1 aliphatic heterocycles. The summed E-state index contributed by atoms with van der Waals surface area (Å²) in [6.45, 7) is 7.44. The Hall–Kier alpha value is -0.590. The van der Waals surface area contributed by atoms with Gasteiger partial charge in [-0.05, 0) is 39.3 Å². The van der Waals surface area contributed by atoms with Crippen LogP contribution in [-0.4, -0.2) is 36.6 Å². The third-order valence-corrected chi connectivity index (χ3v) is 3.15. The number of rotatable bonds is 6. The molecule has 0 aromatic rings. The zero-order valence-electron chi connectivity index (χ0n) is 10.00. The summed E-state index contributed by atoms with van der Waals surface area (Å²) in [4.78, 5) is 2.31. The Labute approximate surface area is 93.5 Å². The van der Waals surface area contributed by atoms with Crippen LogP contribution in [0, 0.1) is 11.3 Å². The second-order valence-corrected chi connectivity index (χ2v) is 4.45. The molecule has 1 heterocycles. The molecule has 1 N–H and O–H groups in total. The van der Waals surface area contributed by atoms with Crippen LogP contribution in [-0.2, 0) is 0 Å². The molecule has 1 fully saturated rings. The highest BCUT2D eigenvalue weighted by Gasteiger charge is 2.20. The van der Waals surface area contributed by atoms with Crippen LogP contribution >= 0.6 is 0 Å². The second-order valence-electron chi connectivity index (χ2n) is 4.45. The number of nitriles is 1. The van der Waals surface area contributed by atoms with Crippen molar-refractivity contribution in [2.24, 2.45) is 0 Å². The fraction of sp³-hybridized carbons (Fsp3) is 0.917. The number of nitrogens with zero attached hydrogens (tertiary/aromatic N) is 2. The first-order valence-electron chi connectivity index (χ1n) is 6.15. The van der Waals surface area contributed by atoms with Gasteiger partial charge in [0, 0.05) is 12.6 Å². The van der Waals surface area contributed by atoms with Crippen molar-refractivity contribution >= 4 is 0 Å². The fourth-order valence-electron chi connectivity index (χ4n) is 2.08. The van der Waals surface area contributed by atoms with Crippen molar-refractivity contribution in [3.63, 3.8) is 0 Å². The molecule has 2 atom stereocenters. The van der Waals surface area contributed by atoms with Gasteiger partial charge in [-0.3, -0.25) is 4.90 Å². The summed E-state index contributed by atoms with van der Waals surface area (Å²) in [6, 6.07) is 3.01. The lowest BCUT2D eigenvalue weighted by Gasteiger charge is -2.27. The molecule has 86 valence electrons. The molecule has 0 aromatic heterocycles. The molecule has 15 heavy (non-hydrogen) atoms. The summed E-state index contributed by atoms with van der Waals surface area (Å²) in [6.07, 6.45) is 4.94. The standard InChI is InChI=1S/C12H23N3/c1-3-4-8-15(11(2)9-13)10-12-6-5-7-14-12/h11-12,14H,3-8,10H2,1-2H3. The molecule has 1 saturated heterocycles. The van der Waals surface area contributed by atoms with Gasteiger partial charge >= 0.3 is 0 Å². The number of hydrogen-bond donors (Lipinski definition) is 1. The fourth-order valence-corrected chi connectivity index (χ4v) is 2.08. The van der Waals surface area contributed by atoms with Gasteiger partial charge in [-0.25, -0.2) is 0 Å². The van der Waals surface area contributed by atoms with Crippen LogP contribution in [0.25, 0.3) is 0 Å². The molecule has 0 radical (unpaired) electrons. The van der Waals surface area contributed by atoms with Gasteiger partial charge in [-0.1, -0.05) is 13.3 Å². The second kappa shape index (κ2) is 6.81. The molecule has 1 aliphatic rings. The Morgan fingerprint density at radius 1 is 1.60 bits per heavy atom. The average molecular weight is 209 g/mol. The number of nitrogens with one attached hydrogen (secondary N) is 1. The van der Waals surface area contributed by atoms with E-state index in [9.17, 15) is 0 Å². The van der Waals surface area contributed by atoms with E-state index >= 15 is 0 Å². The quantitative estimate of drug-likeness (QED) is 0.724. The van der Waals surface area contributed by atoms with Gasteiger partial charge in [0.1, 0.15) is 0 Å². The summed E-state index contributed by atoms with van der Waals surface area (Å²) < 4.78 is 0. The molecule has 0 spiro atoms. The van der Waals surface area contributed by atoms with Crippen LogP contribution in [0.4, 0.5) is 0 Å². The maximum atomic E-state index is 8.97.